The lowest BCUT2D eigenvalue weighted by Crippen LogP contribution is -2.40. The number of carboxylic acids is 1. The second-order valence-electron chi connectivity index (χ2n) is 30.1. The van der Waals surface area contributed by atoms with Gasteiger partial charge in [0.1, 0.15) is 13.2 Å². The van der Waals surface area contributed by atoms with E-state index in [0.29, 0.717) is 17.4 Å². The van der Waals surface area contributed by atoms with Crippen molar-refractivity contribution in [1.82, 2.24) is 0 Å². The summed E-state index contributed by atoms with van der Waals surface area (Å²) in [6.45, 7) is 4.85. The third-order valence-corrected chi connectivity index (χ3v) is 19.3. The standard InChI is InChI=1S/C87H163NO8/c1-6-8-10-12-14-16-18-20-22-24-26-28-30-32-34-36-38-40-41-42-43-44-45-46-48-50-52-54-56-58-60-62-64-66-68-70-72-74-76-78-85(90)96-83(82-95-87(86(91)92)93-80-79-88(3,4)5)81-94-84(89)77-75-73-71-69-67-65-63-61-59-57-55-53-51-49-47-39-37-35-33-31-29-27-25-23-21-19-17-15-13-11-9-7-2/h8,10,14,16,20,22,26,28,83,87H,6-7,9,11-13,15,17-19,21,23-25,27,29-82H2,1-5H3/p+1/b10-8-,16-14-,22-20-,28-26-. The van der Waals surface area contributed by atoms with Crippen LogP contribution in [-0.2, 0) is 33.3 Å². The molecule has 0 aliphatic carbocycles. The molecule has 2 unspecified atom stereocenters. The van der Waals surface area contributed by atoms with E-state index < -0.39 is 18.4 Å². The molecule has 0 saturated carbocycles. The first-order valence-corrected chi connectivity index (χ1v) is 42.3. The molecule has 0 bridgehead atoms. The maximum atomic E-state index is 13.0. The van der Waals surface area contributed by atoms with Gasteiger partial charge in [-0.3, -0.25) is 9.59 Å². The monoisotopic (exact) mass is 1350 g/mol. The number of ether oxygens (including phenoxy) is 4. The Balaban J connectivity index is 3.92. The number of carbonyl (C=O) groups excluding carboxylic acids is 2. The van der Waals surface area contributed by atoms with Crippen molar-refractivity contribution < 1.29 is 42.9 Å². The van der Waals surface area contributed by atoms with Crippen molar-refractivity contribution in [2.24, 2.45) is 0 Å². The van der Waals surface area contributed by atoms with Crippen LogP contribution in [0.5, 0.6) is 0 Å². The Kier molecular flexibility index (Phi) is 75.7. The highest BCUT2D eigenvalue weighted by Crippen LogP contribution is 2.21. The van der Waals surface area contributed by atoms with Gasteiger partial charge in [-0.2, -0.15) is 0 Å². The number of allylic oxidation sites excluding steroid dienone is 8. The molecule has 0 aromatic heterocycles. The number of carboxylic acid groups (broad SMARTS) is 1. The van der Waals surface area contributed by atoms with Gasteiger partial charge in [-0.1, -0.05) is 416 Å². The average Bonchev–Trinajstić information content (AvgIpc) is 2.40. The maximum absolute atomic E-state index is 13.0. The highest BCUT2D eigenvalue weighted by atomic mass is 16.7. The van der Waals surface area contributed by atoms with Gasteiger partial charge in [0.05, 0.1) is 34.4 Å². The molecule has 9 heteroatoms. The quantitative estimate of drug-likeness (QED) is 0.0211. The van der Waals surface area contributed by atoms with Crippen LogP contribution in [0.15, 0.2) is 48.6 Å². The number of nitrogens with zero attached hydrogens (tertiary/aromatic N) is 1. The fraction of sp³-hybridized carbons (Fsp3) is 0.874. The van der Waals surface area contributed by atoms with Crippen LogP contribution in [0.1, 0.15) is 431 Å². The van der Waals surface area contributed by atoms with Gasteiger partial charge in [0.25, 0.3) is 6.29 Å². The first-order valence-electron chi connectivity index (χ1n) is 42.3. The Labute approximate surface area is 597 Å². The molecule has 0 fully saturated rings. The molecule has 0 heterocycles. The average molecular weight is 1350 g/mol. The molecule has 0 aliphatic rings. The van der Waals surface area contributed by atoms with Gasteiger partial charge in [0.2, 0.25) is 0 Å². The van der Waals surface area contributed by atoms with Crippen LogP contribution in [0.4, 0.5) is 0 Å². The van der Waals surface area contributed by atoms with E-state index >= 15 is 0 Å². The molecule has 96 heavy (non-hydrogen) atoms. The zero-order chi connectivity index (χ0) is 69.7. The molecule has 0 spiro atoms. The van der Waals surface area contributed by atoms with Crippen molar-refractivity contribution in [3.8, 4) is 0 Å². The van der Waals surface area contributed by atoms with Crippen LogP contribution >= 0.6 is 0 Å². The maximum Gasteiger partial charge on any atom is 0.361 e. The lowest BCUT2D eigenvalue weighted by atomic mass is 10.0. The number of likely N-dealkylation sites (N-methyl/N-ethyl adjacent to an activating group) is 1. The molecule has 1 N–H and O–H groups in total. The number of carbonyl (C=O) groups is 3. The van der Waals surface area contributed by atoms with Crippen LogP contribution in [0.3, 0.4) is 0 Å². The van der Waals surface area contributed by atoms with Gasteiger partial charge in [-0.25, -0.2) is 4.79 Å². The second-order valence-corrected chi connectivity index (χ2v) is 30.1. The number of unbranched alkanes of at least 4 members (excludes halogenated alkanes) is 57. The lowest BCUT2D eigenvalue weighted by Gasteiger charge is -2.25. The summed E-state index contributed by atoms with van der Waals surface area (Å²) < 4.78 is 23.1. The molecule has 0 aromatic rings. The molecule has 0 saturated heterocycles. The summed E-state index contributed by atoms with van der Waals surface area (Å²) in [5.41, 5.74) is 0. The predicted molar refractivity (Wildman–Crippen MR) is 415 cm³/mol. The second kappa shape index (κ2) is 78.0. The van der Waals surface area contributed by atoms with E-state index in [4.69, 9.17) is 18.9 Å². The Morgan fingerprint density at radius 1 is 0.323 bits per heavy atom. The molecule has 564 valence electrons. The number of hydrogen-bond donors (Lipinski definition) is 1. The molecule has 0 aliphatic heterocycles. The fourth-order valence-corrected chi connectivity index (χ4v) is 13.0. The SMILES string of the molecule is CC/C=C\C/C=C\C/C=C\C/C=C\CCCCCCCCCCCCCCCCCCCCCCCCCCCCC(=O)OC(COC(=O)CCCCCCCCCCCCCCCCCCCCCCCCCCCCCCCCCC)COC(OCC[N+](C)(C)C)C(=O)O. The first kappa shape index (κ1) is 93.2. The molecule has 0 radical (unpaired) electrons. The van der Waals surface area contributed by atoms with Crippen molar-refractivity contribution >= 4 is 17.9 Å². The molecule has 0 amide bonds. The largest absolute Gasteiger partial charge is 0.477 e. The minimum atomic E-state index is -1.51. The smallest absolute Gasteiger partial charge is 0.361 e. The number of hydrogen-bond acceptors (Lipinski definition) is 7. The van der Waals surface area contributed by atoms with Gasteiger partial charge in [-0.15, -0.1) is 0 Å². The summed E-state index contributed by atoms with van der Waals surface area (Å²) in [5, 5.41) is 9.78. The van der Waals surface area contributed by atoms with Crippen molar-refractivity contribution in [3.63, 3.8) is 0 Å². The van der Waals surface area contributed by atoms with Crippen LogP contribution in [-0.4, -0.2) is 87.4 Å². The van der Waals surface area contributed by atoms with E-state index in [9.17, 15) is 19.5 Å². The highest BCUT2D eigenvalue weighted by Gasteiger charge is 2.25. The van der Waals surface area contributed by atoms with Crippen molar-refractivity contribution in [2.45, 2.75) is 444 Å². The van der Waals surface area contributed by atoms with E-state index in [1.807, 2.05) is 21.1 Å². The molecule has 0 aromatic carbocycles. The fourth-order valence-electron chi connectivity index (χ4n) is 13.0. The zero-order valence-electron chi connectivity index (χ0n) is 64.8. The molecular formula is C87H164NO8+. The number of aliphatic carboxylic acids is 1. The minimum Gasteiger partial charge on any atom is -0.477 e. The van der Waals surface area contributed by atoms with Crippen molar-refractivity contribution in [3.05, 3.63) is 48.6 Å². The molecule has 9 nitrogen and oxygen atoms in total. The van der Waals surface area contributed by atoms with Crippen LogP contribution in [0.2, 0.25) is 0 Å². The highest BCUT2D eigenvalue weighted by molar-refractivity contribution is 5.71. The molecular weight excluding hydrogens is 1190 g/mol. The van der Waals surface area contributed by atoms with Gasteiger partial charge in [0, 0.05) is 12.8 Å². The normalized spacial score (nSPS) is 12.8. The van der Waals surface area contributed by atoms with Gasteiger partial charge < -0.3 is 28.5 Å². The first-order chi connectivity index (χ1) is 47.1. The number of rotatable bonds is 80. The Hall–Kier alpha value is -2.75. The Morgan fingerprint density at radius 3 is 0.885 bits per heavy atom. The zero-order valence-corrected chi connectivity index (χ0v) is 64.8. The van der Waals surface area contributed by atoms with Crippen molar-refractivity contribution in [1.29, 1.82) is 0 Å². The van der Waals surface area contributed by atoms with Crippen LogP contribution < -0.4 is 0 Å². The molecule has 2 atom stereocenters. The third-order valence-electron chi connectivity index (χ3n) is 19.3. The number of quaternary nitrogens is 1. The van der Waals surface area contributed by atoms with E-state index in [-0.39, 0.29) is 38.2 Å². The summed E-state index contributed by atoms with van der Waals surface area (Å²) in [6, 6.07) is 0. The van der Waals surface area contributed by atoms with Gasteiger partial charge in [-0.05, 0) is 51.4 Å². The summed E-state index contributed by atoms with van der Waals surface area (Å²) in [4.78, 5) is 37.8. The predicted octanol–water partition coefficient (Wildman–Crippen LogP) is 27.2. The van der Waals surface area contributed by atoms with E-state index in [2.05, 4.69) is 62.5 Å². The Morgan fingerprint density at radius 2 is 0.594 bits per heavy atom. The summed E-state index contributed by atoms with van der Waals surface area (Å²) in [5.74, 6) is -1.97. The summed E-state index contributed by atoms with van der Waals surface area (Å²) >= 11 is 0. The third kappa shape index (κ3) is 78.6. The Bertz CT molecular complexity index is 1720. The van der Waals surface area contributed by atoms with Crippen LogP contribution in [0.25, 0.3) is 0 Å². The lowest BCUT2D eigenvalue weighted by molar-refractivity contribution is -0.870. The topological polar surface area (TPSA) is 108 Å². The minimum absolute atomic E-state index is 0.174. The van der Waals surface area contributed by atoms with E-state index in [1.54, 1.807) is 0 Å². The van der Waals surface area contributed by atoms with E-state index in [0.717, 1.165) is 64.2 Å². The van der Waals surface area contributed by atoms with Gasteiger partial charge in [0.15, 0.2) is 6.10 Å². The summed E-state index contributed by atoms with van der Waals surface area (Å²) in [7, 11) is 6.00. The van der Waals surface area contributed by atoms with Crippen molar-refractivity contribution in [2.75, 3.05) is 47.5 Å². The van der Waals surface area contributed by atoms with Crippen LogP contribution in [0, 0.1) is 0 Å². The molecule has 0 rings (SSSR count). The summed E-state index contributed by atoms with van der Waals surface area (Å²) in [6.07, 6.45) is 100. The van der Waals surface area contributed by atoms with Gasteiger partial charge >= 0.3 is 17.9 Å². The number of esters is 2. The van der Waals surface area contributed by atoms with E-state index in [1.165, 1.54) is 340 Å².